The van der Waals surface area contributed by atoms with Crippen molar-refractivity contribution in [1.82, 2.24) is 0 Å². The number of nitrogens with two attached hydrogens (primary N) is 1. The molecule has 2 heterocycles. The van der Waals surface area contributed by atoms with Crippen molar-refractivity contribution in [3.8, 4) is 0 Å². The van der Waals surface area contributed by atoms with Gasteiger partial charge < -0.3 is 14.6 Å². The Kier molecular flexibility index (Phi) is 2.27. The van der Waals surface area contributed by atoms with Gasteiger partial charge in [-0.25, -0.2) is 0 Å². The number of fused-ring (bicyclic) bond motifs is 1. The fraction of sp³-hybridized carbons (Fsp3) is 0.143. The number of hydrogen-bond donors (Lipinski definition) is 1. The van der Waals surface area contributed by atoms with Crippen LogP contribution in [0.15, 0.2) is 51.5 Å². The molecule has 0 bridgehead atoms. The van der Waals surface area contributed by atoms with E-state index >= 15 is 0 Å². The van der Waals surface area contributed by atoms with Gasteiger partial charge in [0.1, 0.15) is 17.1 Å². The van der Waals surface area contributed by atoms with Gasteiger partial charge in [0.05, 0.1) is 12.3 Å². The van der Waals surface area contributed by atoms with E-state index in [9.17, 15) is 0 Å². The lowest BCUT2D eigenvalue weighted by atomic mass is 10.1. The Balaban J connectivity index is 2.07. The summed E-state index contributed by atoms with van der Waals surface area (Å²) in [6.07, 6.45) is 1.65. The molecule has 0 amide bonds. The predicted octanol–water partition coefficient (Wildman–Crippen LogP) is 3.38. The van der Waals surface area contributed by atoms with Gasteiger partial charge >= 0.3 is 0 Å². The van der Waals surface area contributed by atoms with E-state index in [0.717, 1.165) is 28.1 Å². The third-order valence-corrected chi connectivity index (χ3v) is 2.99. The lowest BCUT2D eigenvalue weighted by Crippen LogP contribution is -2.10. The molecule has 0 aliphatic heterocycles. The molecule has 0 saturated heterocycles. The summed E-state index contributed by atoms with van der Waals surface area (Å²) in [5.74, 6) is 1.59. The van der Waals surface area contributed by atoms with E-state index in [1.54, 1.807) is 6.26 Å². The summed E-state index contributed by atoms with van der Waals surface area (Å²) in [5.41, 5.74) is 7.99. The first-order valence-corrected chi connectivity index (χ1v) is 5.54. The highest BCUT2D eigenvalue weighted by Crippen LogP contribution is 2.28. The maximum Gasteiger partial charge on any atom is 0.134 e. The molecule has 3 nitrogen and oxygen atoms in total. The maximum atomic E-state index is 6.17. The van der Waals surface area contributed by atoms with Gasteiger partial charge in [0, 0.05) is 10.9 Å². The zero-order chi connectivity index (χ0) is 11.8. The normalized spacial score (nSPS) is 13.1. The molecule has 2 N–H and O–H groups in total. The Morgan fingerprint density at radius 3 is 2.71 bits per heavy atom. The number of para-hydroxylation sites is 1. The van der Waals surface area contributed by atoms with Crippen LogP contribution in [0.2, 0.25) is 0 Å². The first kappa shape index (κ1) is 10.2. The molecule has 0 radical (unpaired) electrons. The third kappa shape index (κ3) is 1.65. The zero-order valence-electron chi connectivity index (χ0n) is 9.51. The van der Waals surface area contributed by atoms with Crippen LogP contribution in [0, 0.1) is 6.92 Å². The first-order valence-electron chi connectivity index (χ1n) is 5.54. The topological polar surface area (TPSA) is 52.3 Å². The molecule has 3 rings (SSSR count). The van der Waals surface area contributed by atoms with Crippen LogP contribution in [0.5, 0.6) is 0 Å². The Bertz CT molecular complexity index is 618. The highest BCUT2D eigenvalue weighted by molar-refractivity contribution is 5.77. The van der Waals surface area contributed by atoms with Gasteiger partial charge in [0.15, 0.2) is 0 Å². The first-order chi connectivity index (χ1) is 8.25. The highest BCUT2D eigenvalue weighted by Gasteiger charge is 2.17. The fourth-order valence-electron chi connectivity index (χ4n) is 2.03. The average Bonchev–Trinajstić information content (AvgIpc) is 2.93. The molecule has 1 unspecified atom stereocenters. The Morgan fingerprint density at radius 1 is 1.18 bits per heavy atom. The van der Waals surface area contributed by atoms with E-state index in [0.29, 0.717) is 0 Å². The van der Waals surface area contributed by atoms with Gasteiger partial charge in [-0.15, -0.1) is 0 Å². The highest BCUT2D eigenvalue weighted by atomic mass is 16.3. The molecule has 3 aromatic rings. The number of aryl methyl sites for hydroxylation is 1. The molecule has 2 aromatic heterocycles. The standard InChI is InChI=1S/C14H13NO2/c1-9-11(6-7-16-9)14(15)13-8-10-4-2-3-5-12(10)17-13/h2-8,14H,15H2,1H3. The Labute approximate surface area is 98.8 Å². The van der Waals surface area contributed by atoms with Gasteiger partial charge in [-0.1, -0.05) is 18.2 Å². The monoisotopic (exact) mass is 227 g/mol. The number of rotatable bonds is 2. The largest absolute Gasteiger partial charge is 0.469 e. The smallest absolute Gasteiger partial charge is 0.134 e. The summed E-state index contributed by atoms with van der Waals surface area (Å²) >= 11 is 0. The van der Waals surface area contributed by atoms with Crippen molar-refractivity contribution in [1.29, 1.82) is 0 Å². The molecule has 17 heavy (non-hydrogen) atoms. The van der Waals surface area contributed by atoms with E-state index < -0.39 is 0 Å². The Morgan fingerprint density at radius 2 is 2.00 bits per heavy atom. The second-order valence-corrected chi connectivity index (χ2v) is 4.10. The van der Waals surface area contributed by atoms with Crippen molar-refractivity contribution < 1.29 is 8.83 Å². The van der Waals surface area contributed by atoms with Crippen molar-refractivity contribution >= 4 is 11.0 Å². The quantitative estimate of drug-likeness (QED) is 0.730. The van der Waals surface area contributed by atoms with Crippen LogP contribution in [-0.4, -0.2) is 0 Å². The van der Waals surface area contributed by atoms with E-state index in [2.05, 4.69) is 0 Å². The summed E-state index contributed by atoms with van der Waals surface area (Å²) < 4.78 is 11.0. The summed E-state index contributed by atoms with van der Waals surface area (Å²) in [6.45, 7) is 1.90. The van der Waals surface area contributed by atoms with Crippen LogP contribution in [-0.2, 0) is 0 Å². The van der Waals surface area contributed by atoms with Crippen molar-refractivity contribution in [2.75, 3.05) is 0 Å². The second kappa shape index (κ2) is 3.79. The van der Waals surface area contributed by atoms with Crippen LogP contribution in [0.25, 0.3) is 11.0 Å². The van der Waals surface area contributed by atoms with Crippen LogP contribution in [0.3, 0.4) is 0 Å². The molecule has 0 aliphatic rings. The van der Waals surface area contributed by atoms with Crippen LogP contribution in [0.1, 0.15) is 23.1 Å². The maximum absolute atomic E-state index is 6.17. The van der Waals surface area contributed by atoms with E-state index in [4.69, 9.17) is 14.6 Å². The van der Waals surface area contributed by atoms with Gasteiger partial charge in [-0.2, -0.15) is 0 Å². The van der Waals surface area contributed by atoms with Gasteiger partial charge in [-0.05, 0) is 25.1 Å². The fourth-order valence-corrected chi connectivity index (χ4v) is 2.03. The van der Waals surface area contributed by atoms with E-state index in [1.807, 2.05) is 43.3 Å². The molecule has 0 fully saturated rings. The molecule has 3 heteroatoms. The van der Waals surface area contributed by atoms with Crippen molar-refractivity contribution in [3.05, 3.63) is 59.7 Å². The molecule has 0 aliphatic carbocycles. The van der Waals surface area contributed by atoms with Crippen LogP contribution < -0.4 is 5.73 Å². The molecular formula is C14H13NO2. The molecule has 1 aromatic carbocycles. The number of furan rings is 2. The van der Waals surface area contributed by atoms with Gasteiger partial charge in [-0.3, -0.25) is 0 Å². The third-order valence-electron chi connectivity index (χ3n) is 2.99. The predicted molar refractivity (Wildman–Crippen MR) is 65.7 cm³/mol. The SMILES string of the molecule is Cc1occc1C(N)c1cc2ccccc2o1. The van der Waals surface area contributed by atoms with E-state index in [1.165, 1.54) is 0 Å². The van der Waals surface area contributed by atoms with Crippen molar-refractivity contribution in [2.24, 2.45) is 5.73 Å². The Hall–Kier alpha value is -2.00. The van der Waals surface area contributed by atoms with Gasteiger partial charge in [0.25, 0.3) is 0 Å². The number of benzene rings is 1. The van der Waals surface area contributed by atoms with Crippen molar-refractivity contribution in [3.63, 3.8) is 0 Å². The van der Waals surface area contributed by atoms with E-state index in [-0.39, 0.29) is 6.04 Å². The minimum absolute atomic E-state index is 0.277. The summed E-state index contributed by atoms with van der Waals surface area (Å²) in [5, 5.41) is 1.07. The molecule has 1 atom stereocenters. The molecule has 86 valence electrons. The van der Waals surface area contributed by atoms with Crippen molar-refractivity contribution in [2.45, 2.75) is 13.0 Å². The second-order valence-electron chi connectivity index (χ2n) is 4.10. The summed E-state index contributed by atoms with van der Waals surface area (Å²) in [6, 6.07) is 11.5. The summed E-state index contributed by atoms with van der Waals surface area (Å²) in [4.78, 5) is 0. The van der Waals surface area contributed by atoms with Crippen LogP contribution >= 0.6 is 0 Å². The molecule has 0 saturated carbocycles. The average molecular weight is 227 g/mol. The number of hydrogen-bond acceptors (Lipinski definition) is 3. The zero-order valence-corrected chi connectivity index (χ0v) is 9.51. The minimum Gasteiger partial charge on any atom is -0.469 e. The molecule has 0 spiro atoms. The lowest BCUT2D eigenvalue weighted by molar-refractivity contribution is 0.504. The summed E-state index contributed by atoms with van der Waals surface area (Å²) in [7, 11) is 0. The van der Waals surface area contributed by atoms with Crippen LogP contribution in [0.4, 0.5) is 0 Å². The minimum atomic E-state index is -0.277. The lowest BCUT2D eigenvalue weighted by Gasteiger charge is -2.06. The van der Waals surface area contributed by atoms with Gasteiger partial charge in [0.2, 0.25) is 0 Å². The molecular weight excluding hydrogens is 214 g/mol.